The lowest BCUT2D eigenvalue weighted by atomic mass is 9.78. The second-order valence-corrected chi connectivity index (χ2v) is 6.98. The van der Waals surface area contributed by atoms with Crippen molar-refractivity contribution in [2.45, 2.75) is 19.3 Å². The van der Waals surface area contributed by atoms with E-state index in [0.29, 0.717) is 8.99 Å². The Hall–Kier alpha value is -0.400. The van der Waals surface area contributed by atoms with Gasteiger partial charge in [-0.3, -0.25) is 4.79 Å². The van der Waals surface area contributed by atoms with Crippen molar-refractivity contribution in [2.24, 2.45) is 5.41 Å². The highest BCUT2D eigenvalue weighted by Gasteiger charge is 2.38. The summed E-state index contributed by atoms with van der Waals surface area (Å²) in [6.07, 6.45) is 3.25. The van der Waals surface area contributed by atoms with Crippen LogP contribution in [0.4, 0.5) is 4.39 Å². The molecular formula is C15H19ClFIN2O. The first-order valence-corrected chi connectivity index (χ1v) is 8.13. The molecule has 2 fully saturated rings. The van der Waals surface area contributed by atoms with Gasteiger partial charge >= 0.3 is 0 Å². The fraction of sp³-hybridized carbons (Fsp3) is 0.533. The van der Waals surface area contributed by atoms with Crippen LogP contribution in [0.15, 0.2) is 18.2 Å². The normalized spacial score (nSPS) is 20.4. The third-order valence-corrected chi connectivity index (χ3v) is 5.52. The number of carbonyl (C=O) groups excluding carboxylic acids is 1. The molecule has 21 heavy (non-hydrogen) atoms. The average Bonchev–Trinajstić information content (AvgIpc) is 2.87. The molecule has 6 heteroatoms. The van der Waals surface area contributed by atoms with Crippen LogP contribution in [-0.2, 0) is 0 Å². The third kappa shape index (κ3) is 3.35. The highest BCUT2D eigenvalue weighted by Crippen LogP contribution is 2.37. The van der Waals surface area contributed by atoms with E-state index in [1.807, 2.05) is 27.5 Å². The van der Waals surface area contributed by atoms with Gasteiger partial charge in [-0.25, -0.2) is 4.39 Å². The van der Waals surface area contributed by atoms with Gasteiger partial charge in [-0.15, -0.1) is 12.4 Å². The van der Waals surface area contributed by atoms with Crippen LogP contribution < -0.4 is 5.32 Å². The zero-order chi connectivity index (χ0) is 14.2. The Morgan fingerprint density at radius 3 is 2.57 bits per heavy atom. The van der Waals surface area contributed by atoms with Crippen LogP contribution in [0, 0.1) is 14.8 Å². The van der Waals surface area contributed by atoms with Crippen LogP contribution in [0.2, 0.25) is 0 Å². The van der Waals surface area contributed by atoms with Crippen molar-refractivity contribution >= 4 is 40.9 Å². The predicted octanol–water partition coefficient (Wildman–Crippen LogP) is 3.07. The van der Waals surface area contributed by atoms with Crippen LogP contribution >= 0.6 is 35.0 Å². The second kappa shape index (κ2) is 6.79. The molecule has 0 saturated carbocycles. The topological polar surface area (TPSA) is 32.3 Å². The molecule has 1 spiro atoms. The molecule has 0 unspecified atom stereocenters. The minimum absolute atomic E-state index is 0. The maximum absolute atomic E-state index is 13.9. The van der Waals surface area contributed by atoms with E-state index >= 15 is 0 Å². The number of hydrogen-bond acceptors (Lipinski definition) is 2. The first-order chi connectivity index (χ1) is 9.61. The molecule has 1 aromatic carbocycles. The highest BCUT2D eigenvalue weighted by molar-refractivity contribution is 14.1. The van der Waals surface area contributed by atoms with Gasteiger partial charge in [-0.2, -0.15) is 0 Å². The van der Waals surface area contributed by atoms with Gasteiger partial charge in [0.15, 0.2) is 0 Å². The number of piperidine rings is 1. The van der Waals surface area contributed by atoms with Crippen LogP contribution in [-0.4, -0.2) is 37.0 Å². The van der Waals surface area contributed by atoms with Crippen molar-refractivity contribution in [1.82, 2.24) is 10.2 Å². The van der Waals surface area contributed by atoms with Gasteiger partial charge in [0.05, 0.1) is 5.56 Å². The number of hydrogen-bond donors (Lipinski definition) is 1. The fourth-order valence-electron chi connectivity index (χ4n) is 3.27. The molecule has 1 amide bonds. The average molecular weight is 425 g/mol. The van der Waals surface area contributed by atoms with E-state index in [-0.39, 0.29) is 23.9 Å². The number of carbonyl (C=O) groups is 1. The Morgan fingerprint density at radius 2 is 2.00 bits per heavy atom. The summed E-state index contributed by atoms with van der Waals surface area (Å²) in [5.74, 6) is -0.571. The maximum Gasteiger partial charge on any atom is 0.257 e. The number of amides is 1. The molecule has 2 aliphatic rings. The largest absolute Gasteiger partial charge is 0.338 e. The molecule has 116 valence electrons. The minimum Gasteiger partial charge on any atom is -0.338 e. The number of nitrogens with one attached hydrogen (secondary N) is 1. The van der Waals surface area contributed by atoms with Crippen molar-refractivity contribution in [1.29, 1.82) is 0 Å². The Balaban J connectivity index is 0.00000161. The SMILES string of the molecule is Cl.O=C(c1c(F)cccc1I)N1CCC2(CCNC2)CC1. The molecule has 3 rings (SSSR count). The van der Waals surface area contributed by atoms with E-state index in [4.69, 9.17) is 0 Å². The summed E-state index contributed by atoms with van der Waals surface area (Å²) in [6.45, 7) is 3.63. The number of likely N-dealkylation sites (tertiary alicyclic amines) is 1. The third-order valence-electron chi connectivity index (χ3n) is 4.62. The molecule has 3 nitrogen and oxygen atoms in total. The van der Waals surface area contributed by atoms with E-state index in [1.54, 1.807) is 12.1 Å². The monoisotopic (exact) mass is 424 g/mol. The molecule has 0 bridgehead atoms. The van der Waals surface area contributed by atoms with Crippen LogP contribution in [0.5, 0.6) is 0 Å². The lowest BCUT2D eigenvalue weighted by Gasteiger charge is -2.39. The molecule has 1 aromatic rings. The number of halogens is 3. The highest BCUT2D eigenvalue weighted by atomic mass is 127. The number of nitrogens with zero attached hydrogens (tertiary/aromatic N) is 1. The molecule has 0 atom stereocenters. The van der Waals surface area contributed by atoms with E-state index < -0.39 is 5.82 Å². The summed E-state index contributed by atoms with van der Waals surface area (Å²) in [4.78, 5) is 14.3. The molecule has 0 aliphatic carbocycles. The van der Waals surface area contributed by atoms with Crippen molar-refractivity contribution in [3.63, 3.8) is 0 Å². The molecule has 2 heterocycles. The molecule has 0 radical (unpaired) electrons. The Morgan fingerprint density at radius 1 is 1.29 bits per heavy atom. The quantitative estimate of drug-likeness (QED) is 0.703. The number of rotatable bonds is 1. The molecule has 2 aliphatic heterocycles. The standard InChI is InChI=1S/C15H18FIN2O.ClH/c16-11-2-1-3-12(17)13(11)14(20)19-8-5-15(6-9-19)4-7-18-10-15;/h1-3,18H,4-10H2;1H. The lowest BCUT2D eigenvalue weighted by Crippen LogP contribution is -2.44. The summed E-state index contributed by atoms with van der Waals surface area (Å²) in [5.41, 5.74) is 0.604. The molecular weight excluding hydrogens is 406 g/mol. The summed E-state index contributed by atoms with van der Waals surface area (Å²) in [6, 6.07) is 4.79. The van der Waals surface area contributed by atoms with Crippen LogP contribution in [0.25, 0.3) is 0 Å². The van der Waals surface area contributed by atoms with E-state index in [2.05, 4.69) is 5.32 Å². The summed E-state index contributed by atoms with van der Waals surface area (Å²) in [7, 11) is 0. The Bertz CT molecular complexity index is 504. The Labute approximate surface area is 144 Å². The smallest absolute Gasteiger partial charge is 0.257 e. The van der Waals surface area contributed by atoms with E-state index in [1.165, 1.54) is 12.5 Å². The van der Waals surface area contributed by atoms with Crippen LogP contribution in [0.1, 0.15) is 29.6 Å². The van der Waals surface area contributed by atoms with Gasteiger partial charge in [0.2, 0.25) is 0 Å². The zero-order valence-electron chi connectivity index (χ0n) is 11.7. The van der Waals surface area contributed by atoms with Crippen LogP contribution in [0.3, 0.4) is 0 Å². The van der Waals surface area contributed by atoms with E-state index in [0.717, 1.165) is 39.0 Å². The van der Waals surface area contributed by atoms with Crippen molar-refractivity contribution in [3.05, 3.63) is 33.1 Å². The van der Waals surface area contributed by atoms with Gasteiger partial charge < -0.3 is 10.2 Å². The maximum atomic E-state index is 13.9. The van der Waals surface area contributed by atoms with Gasteiger partial charge in [-0.05, 0) is 65.9 Å². The first-order valence-electron chi connectivity index (χ1n) is 7.05. The first kappa shape index (κ1) is 17.0. The summed E-state index contributed by atoms with van der Waals surface area (Å²) < 4.78 is 14.6. The zero-order valence-corrected chi connectivity index (χ0v) is 14.7. The van der Waals surface area contributed by atoms with Crippen molar-refractivity contribution in [3.8, 4) is 0 Å². The van der Waals surface area contributed by atoms with Gasteiger partial charge in [-0.1, -0.05) is 6.07 Å². The molecule has 0 aromatic heterocycles. The van der Waals surface area contributed by atoms with Crippen molar-refractivity contribution < 1.29 is 9.18 Å². The van der Waals surface area contributed by atoms with Gasteiger partial charge in [0, 0.05) is 23.2 Å². The Kier molecular flexibility index (Phi) is 5.48. The fourth-order valence-corrected chi connectivity index (χ4v) is 3.96. The minimum atomic E-state index is -0.412. The summed E-state index contributed by atoms with van der Waals surface area (Å²) in [5, 5.41) is 3.41. The van der Waals surface area contributed by atoms with Gasteiger partial charge in [0.25, 0.3) is 5.91 Å². The van der Waals surface area contributed by atoms with Crippen molar-refractivity contribution in [2.75, 3.05) is 26.2 Å². The predicted molar refractivity (Wildman–Crippen MR) is 91.4 cm³/mol. The summed E-state index contributed by atoms with van der Waals surface area (Å²) >= 11 is 2.03. The number of benzene rings is 1. The van der Waals surface area contributed by atoms with E-state index in [9.17, 15) is 9.18 Å². The molecule has 1 N–H and O–H groups in total. The van der Waals surface area contributed by atoms with Gasteiger partial charge in [0.1, 0.15) is 5.82 Å². The second-order valence-electron chi connectivity index (χ2n) is 5.82. The molecule has 2 saturated heterocycles. The lowest BCUT2D eigenvalue weighted by molar-refractivity contribution is 0.0602.